The van der Waals surface area contributed by atoms with Gasteiger partial charge < -0.3 is 0 Å². The molecule has 0 spiro atoms. The standard InChI is InChI=1S/C26H14N4/c1(19-11-15-27-16-12-19)7-23-9-5-21-3-4-22-6-10-24(30-26(22)25(21)29-23)8-2-20-13-17-28-18-14-20/h3-6,9-18H. The normalized spacial score (nSPS) is 10.1. The molecule has 0 amide bonds. The van der Waals surface area contributed by atoms with Gasteiger partial charge in [-0.25, -0.2) is 9.97 Å². The lowest BCUT2D eigenvalue weighted by molar-refractivity contribution is 1.31. The summed E-state index contributed by atoms with van der Waals surface area (Å²) in [5.41, 5.74) is 4.83. The van der Waals surface area contributed by atoms with E-state index in [1.54, 1.807) is 24.8 Å². The quantitative estimate of drug-likeness (QED) is 0.295. The first-order valence-electron chi connectivity index (χ1n) is 9.40. The van der Waals surface area contributed by atoms with Crippen molar-refractivity contribution in [1.82, 2.24) is 19.9 Å². The van der Waals surface area contributed by atoms with Crippen LogP contribution in [0.1, 0.15) is 22.5 Å². The van der Waals surface area contributed by atoms with Gasteiger partial charge in [-0.2, -0.15) is 0 Å². The Balaban J connectivity index is 1.59. The molecule has 0 aliphatic carbocycles. The summed E-state index contributed by atoms with van der Waals surface area (Å²) in [5.74, 6) is 12.5. The number of rotatable bonds is 0. The SMILES string of the molecule is C(#Cc1ccc2ccc3ccc(C#Cc4ccncc4)nc3c2n1)c1ccncc1. The van der Waals surface area contributed by atoms with Crippen molar-refractivity contribution < 1.29 is 0 Å². The maximum Gasteiger partial charge on any atom is 0.114 e. The summed E-state index contributed by atoms with van der Waals surface area (Å²) in [6, 6.07) is 19.5. The highest BCUT2D eigenvalue weighted by molar-refractivity contribution is 6.03. The third kappa shape index (κ3) is 3.71. The molecule has 0 saturated heterocycles. The zero-order valence-corrected chi connectivity index (χ0v) is 15.9. The summed E-state index contributed by atoms with van der Waals surface area (Å²) >= 11 is 0. The van der Waals surface area contributed by atoms with E-state index in [1.807, 2.05) is 48.5 Å². The van der Waals surface area contributed by atoms with Gasteiger partial charge in [-0.1, -0.05) is 24.0 Å². The van der Waals surface area contributed by atoms with Gasteiger partial charge in [-0.3, -0.25) is 9.97 Å². The highest BCUT2D eigenvalue weighted by Gasteiger charge is 2.05. The Morgan fingerprint density at radius 2 is 0.833 bits per heavy atom. The van der Waals surface area contributed by atoms with E-state index in [2.05, 4.69) is 45.8 Å². The molecule has 0 aliphatic rings. The summed E-state index contributed by atoms with van der Waals surface area (Å²) in [5, 5.41) is 2.03. The Hall–Kier alpha value is -4.54. The highest BCUT2D eigenvalue weighted by Crippen LogP contribution is 2.23. The predicted octanol–water partition coefficient (Wildman–Crippen LogP) is 4.37. The average molecular weight is 382 g/mol. The van der Waals surface area contributed by atoms with Gasteiger partial charge in [0, 0.05) is 46.7 Å². The summed E-state index contributed by atoms with van der Waals surface area (Å²) in [6.45, 7) is 0. The maximum absolute atomic E-state index is 4.77. The molecule has 1 aromatic carbocycles. The van der Waals surface area contributed by atoms with Crippen molar-refractivity contribution >= 4 is 21.8 Å². The first-order valence-corrected chi connectivity index (χ1v) is 9.40. The number of hydrogen-bond donors (Lipinski definition) is 0. The second kappa shape index (κ2) is 7.83. The fourth-order valence-electron chi connectivity index (χ4n) is 3.05. The van der Waals surface area contributed by atoms with E-state index >= 15 is 0 Å². The predicted molar refractivity (Wildman–Crippen MR) is 117 cm³/mol. The molecular formula is C26H14N4. The molecule has 4 heteroatoms. The van der Waals surface area contributed by atoms with Crippen LogP contribution in [0, 0.1) is 23.7 Å². The van der Waals surface area contributed by atoms with Crippen molar-refractivity contribution in [2.45, 2.75) is 0 Å². The molecule has 0 radical (unpaired) electrons. The summed E-state index contributed by atoms with van der Waals surface area (Å²) < 4.78 is 0. The van der Waals surface area contributed by atoms with Gasteiger partial charge in [-0.15, -0.1) is 0 Å². The molecule has 4 heterocycles. The van der Waals surface area contributed by atoms with Gasteiger partial charge in [0.05, 0.1) is 11.0 Å². The zero-order chi connectivity index (χ0) is 20.2. The summed E-state index contributed by atoms with van der Waals surface area (Å²) in [4.78, 5) is 17.6. The Labute approximate surface area is 173 Å². The van der Waals surface area contributed by atoms with Crippen LogP contribution >= 0.6 is 0 Å². The molecule has 0 unspecified atom stereocenters. The summed E-state index contributed by atoms with van der Waals surface area (Å²) in [7, 11) is 0. The van der Waals surface area contributed by atoms with Crippen LogP contribution in [-0.4, -0.2) is 19.9 Å². The number of aromatic nitrogens is 4. The second-order valence-corrected chi connectivity index (χ2v) is 6.57. The van der Waals surface area contributed by atoms with Crippen molar-refractivity contribution in [2.24, 2.45) is 0 Å². The van der Waals surface area contributed by atoms with Gasteiger partial charge in [0.15, 0.2) is 0 Å². The topological polar surface area (TPSA) is 51.6 Å². The average Bonchev–Trinajstić information content (AvgIpc) is 2.82. The van der Waals surface area contributed by atoms with E-state index in [9.17, 15) is 0 Å². The number of pyridine rings is 4. The van der Waals surface area contributed by atoms with E-state index < -0.39 is 0 Å². The molecule has 138 valence electrons. The van der Waals surface area contributed by atoms with Crippen molar-refractivity contribution in [1.29, 1.82) is 0 Å². The molecular weight excluding hydrogens is 368 g/mol. The molecule has 30 heavy (non-hydrogen) atoms. The molecule has 4 aromatic heterocycles. The largest absolute Gasteiger partial charge is 0.265 e. The van der Waals surface area contributed by atoms with E-state index in [4.69, 9.17) is 9.97 Å². The van der Waals surface area contributed by atoms with Crippen molar-refractivity contribution in [3.05, 3.63) is 108 Å². The summed E-state index contributed by atoms with van der Waals surface area (Å²) in [6.07, 6.45) is 6.90. The van der Waals surface area contributed by atoms with E-state index in [0.29, 0.717) is 11.4 Å². The van der Waals surface area contributed by atoms with Gasteiger partial charge in [0.2, 0.25) is 0 Å². The number of nitrogens with zero attached hydrogens (tertiary/aromatic N) is 4. The molecule has 5 aromatic rings. The molecule has 0 saturated carbocycles. The Bertz CT molecular complexity index is 1370. The lowest BCUT2D eigenvalue weighted by atomic mass is 10.1. The monoisotopic (exact) mass is 382 g/mol. The molecule has 0 aliphatic heterocycles. The van der Waals surface area contributed by atoms with Gasteiger partial charge in [0.25, 0.3) is 0 Å². The van der Waals surface area contributed by atoms with Crippen LogP contribution in [-0.2, 0) is 0 Å². The highest BCUT2D eigenvalue weighted by atomic mass is 14.8. The van der Waals surface area contributed by atoms with Gasteiger partial charge in [-0.05, 0) is 60.4 Å². The number of fused-ring (bicyclic) bond motifs is 3. The van der Waals surface area contributed by atoms with Crippen molar-refractivity contribution in [3.63, 3.8) is 0 Å². The Kier molecular flexibility index (Phi) is 4.58. The first kappa shape index (κ1) is 17.6. The van der Waals surface area contributed by atoms with Crippen LogP contribution in [0.25, 0.3) is 21.8 Å². The molecule has 0 atom stereocenters. The van der Waals surface area contributed by atoms with Gasteiger partial charge >= 0.3 is 0 Å². The van der Waals surface area contributed by atoms with E-state index in [1.165, 1.54) is 0 Å². The second-order valence-electron chi connectivity index (χ2n) is 6.57. The van der Waals surface area contributed by atoms with Crippen LogP contribution in [0.4, 0.5) is 0 Å². The fourth-order valence-corrected chi connectivity index (χ4v) is 3.05. The lowest BCUT2D eigenvalue weighted by Crippen LogP contribution is -1.91. The lowest BCUT2D eigenvalue weighted by Gasteiger charge is -2.03. The van der Waals surface area contributed by atoms with E-state index in [-0.39, 0.29) is 0 Å². The molecule has 0 N–H and O–H groups in total. The smallest absolute Gasteiger partial charge is 0.114 e. The van der Waals surface area contributed by atoms with Crippen LogP contribution in [0.5, 0.6) is 0 Å². The minimum absolute atomic E-state index is 0.696. The van der Waals surface area contributed by atoms with Crippen molar-refractivity contribution in [2.75, 3.05) is 0 Å². The fraction of sp³-hybridized carbons (Fsp3) is 0. The molecule has 5 rings (SSSR count). The van der Waals surface area contributed by atoms with Crippen LogP contribution in [0.3, 0.4) is 0 Å². The molecule has 0 fully saturated rings. The molecule has 0 bridgehead atoms. The van der Waals surface area contributed by atoms with Gasteiger partial charge in [0.1, 0.15) is 11.4 Å². The third-order valence-electron chi connectivity index (χ3n) is 4.55. The van der Waals surface area contributed by atoms with Crippen molar-refractivity contribution in [3.8, 4) is 23.7 Å². The van der Waals surface area contributed by atoms with E-state index in [0.717, 1.165) is 32.9 Å². The zero-order valence-electron chi connectivity index (χ0n) is 15.9. The molecule has 4 nitrogen and oxygen atoms in total. The Morgan fingerprint density at radius 3 is 1.27 bits per heavy atom. The van der Waals surface area contributed by atoms with Crippen LogP contribution in [0.15, 0.2) is 85.5 Å². The number of hydrogen-bond acceptors (Lipinski definition) is 4. The van der Waals surface area contributed by atoms with Crippen LogP contribution in [0.2, 0.25) is 0 Å². The third-order valence-corrected chi connectivity index (χ3v) is 4.55. The Morgan fingerprint density at radius 1 is 0.433 bits per heavy atom. The maximum atomic E-state index is 4.77. The minimum Gasteiger partial charge on any atom is -0.265 e. The van der Waals surface area contributed by atoms with Crippen LogP contribution < -0.4 is 0 Å². The first-order chi connectivity index (χ1) is 14.8. The number of benzene rings is 1. The minimum atomic E-state index is 0.696.